The van der Waals surface area contributed by atoms with Gasteiger partial charge in [0.15, 0.2) is 0 Å². The van der Waals surface area contributed by atoms with Crippen LogP contribution in [0.5, 0.6) is 0 Å². The highest BCUT2D eigenvalue weighted by atomic mass is 79.9. The summed E-state index contributed by atoms with van der Waals surface area (Å²) in [5, 5.41) is 0. The molecular weight excluding hydrogens is 372 g/mol. The quantitative estimate of drug-likeness (QED) is 0.740. The first-order valence-corrected chi connectivity index (χ1v) is 9.34. The SMILES string of the molecule is CC(C)(C)OC(=O)N1Cc2cc(Br)cnc2[C@@H]1CC1CCOCC1. The minimum atomic E-state index is -0.497. The van der Waals surface area contributed by atoms with Gasteiger partial charge in [-0.15, -0.1) is 0 Å². The molecule has 2 aliphatic rings. The van der Waals surface area contributed by atoms with Crippen LogP contribution in [0.2, 0.25) is 0 Å². The molecule has 3 rings (SSSR count). The molecule has 0 radical (unpaired) electrons. The van der Waals surface area contributed by atoms with E-state index in [-0.39, 0.29) is 12.1 Å². The first kappa shape index (κ1) is 17.7. The third-order valence-electron chi connectivity index (χ3n) is 4.53. The van der Waals surface area contributed by atoms with E-state index in [2.05, 4.69) is 27.0 Å². The number of hydrogen-bond donors (Lipinski definition) is 0. The molecule has 0 saturated carbocycles. The molecule has 5 nitrogen and oxygen atoms in total. The molecule has 1 atom stereocenters. The van der Waals surface area contributed by atoms with Gasteiger partial charge in [0, 0.05) is 23.9 Å². The lowest BCUT2D eigenvalue weighted by molar-refractivity contribution is 0.0100. The second-order valence-corrected chi connectivity index (χ2v) is 8.53. The van der Waals surface area contributed by atoms with Gasteiger partial charge in [-0.2, -0.15) is 0 Å². The number of amides is 1. The van der Waals surface area contributed by atoms with Crippen LogP contribution >= 0.6 is 15.9 Å². The highest BCUT2D eigenvalue weighted by Gasteiger charge is 2.38. The lowest BCUT2D eigenvalue weighted by atomic mass is 9.91. The van der Waals surface area contributed by atoms with Crippen LogP contribution in [0.1, 0.15) is 57.3 Å². The van der Waals surface area contributed by atoms with E-state index < -0.39 is 5.60 Å². The van der Waals surface area contributed by atoms with E-state index in [1.807, 2.05) is 31.9 Å². The fourth-order valence-electron chi connectivity index (χ4n) is 3.41. The van der Waals surface area contributed by atoms with Crippen molar-refractivity contribution in [2.75, 3.05) is 13.2 Å². The first-order valence-electron chi connectivity index (χ1n) is 8.55. The maximum absolute atomic E-state index is 12.7. The normalized spacial score (nSPS) is 21.7. The monoisotopic (exact) mass is 396 g/mol. The first-order chi connectivity index (χ1) is 11.3. The molecule has 1 fully saturated rings. The van der Waals surface area contributed by atoms with Crippen LogP contribution in [0.15, 0.2) is 16.7 Å². The molecule has 24 heavy (non-hydrogen) atoms. The zero-order chi connectivity index (χ0) is 17.3. The number of carbonyl (C=O) groups excluding carboxylic acids is 1. The van der Waals surface area contributed by atoms with Gasteiger partial charge in [-0.3, -0.25) is 9.88 Å². The summed E-state index contributed by atoms with van der Waals surface area (Å²) in [6, 6.07) is 2.05. The van der Waals surface area contributed by atoms with Gasteiger partial charge in [0.25, 0.3) is 0 Å². The van der Waals surface area contributed by atoms with Gasteiger partial charge in [0.1, 0.15) is 5.60 Å². The van der Waals surface area contributed by atoms with E-state index in [0.29, 0.717) is 12.5 Å². The molecule has 132 valence electrons. The maximum atomic E-state index is 12.7. The van der Waals surface area contributed by atoms with E-state index in [0.717, 1.165) is 48.2 Å². The highest BCUT2D eigenvalue weighted by Crippen LogP contribution is 2.40. The molecule has 2 aliphatic heterocycles. The number of pyridine rings is 1. The van der Waals surface area contributed by atoms with Crippen LogP contribution in [0.25, 0.3) is 0 Å². The summed E-state index contributed by atoms with van der Waals surface area (Å²) in [5.74, 6) is 0.560. The number of carbonyl (C=O) groups is 1. The van der Waals surface area contributed by atoms with Crippen molar-refractivity contribution in [1.29, 1.82) is 0 Å². The zero-order valence-electron chi connectivity index (χ0n) is 14.5. The van der Waals surface area contributed by atoms with Crippen LogP contribution in [0, 0.1) is 5.92 Å². The Kier molecular flexibility index (Phi) is 5.16. The van der Waals surface area contributed by atoms with E-state index >= 15 is 0 Å². The number of nitrogens with zero attached hydrogens (tertiary/aromatic N) is 2. The van der Waals surface area contributed by atoms with Crippen molar-refractivity contribution >= 4 is 22.0 Å². The molecule has 0 aliphatic carbocycles. The second-order valence-electron chi connectivity index (χ2n) is 7.61. The topological polar surface area (TPSA) is 51.7 Å². The van der Waals surface area contributed by atoms with Gasteiger partial charge in [0.05, 0.1) is 18.3 Å². The van der Waals surface area contributed by atoms with E-state index in [9.17, 15) is 4.79 Å². The third kappa shape index (κ3) is 4.09. The Balaban J connectivity index is 1.82. The molecule has 0 aromatic carbocycles. The molecule has 1 aromatic heterocycles. The summed E-state index contributed by atoms with van der Waals surface area (Å²) in [5.41, 5.74) is 1.62. The largest absolute Gasteiger partial charge is 0.444 e. The lowest BCUT2D eigenvalue weighted by Crippen LogP contribution is -2.36. The lowest BCUT2D eigenvalue weighted by Gasteiger charge is -2.31. The standard InChI is InChI=1S/C18H25BrN2O3/c1-18(2,3)24-17(22)21-11-13-9-14(19)10-20-16(13)15(21)8-12-4-6-23-7-5-12/h9-10,12,15H,4-8,11H2,1-3H3/t15-/m0/s1. The van der Waals surface area contributed by atoms with Crippen molar-refractivity contribution in [3.05, 3.63) is 28.0 Å². The van der Waals surface area contributed by atoms with Crippen LogP contribution < -0.4 is 0 Å². The Bertz CT molecular complexity index is 609. The van der Waals surface area contributed by atoms with Gasteiger partial charge in [-0.1, -0.05) is 0 Å². The van der Waals surface area contributed by atoms with Crippen LogP contribution in [-0.2, 0) is 16.0 Å². The van der Waals surface area contributed by atoms with Crippen LogP contribution in [0.3, 0.4) is 0 Å². The Morgan fingerprint density at radius 2 is 2.12 bits per heavy atom. The van der Waals surface area contributed by atoms with Gasteiger partial charge in [-0.25, -0.2) is 4.79 Å². The van der Waals surface area contributed by atoms with Crippen molar-refractivity contribution in [3.63, 3.8) is 0 Å². The fourth-order valence-corrected chi connectivity index (χ4v) is 3.79. The highest BCUT2D eigenvalue weighted by molar-refractivity contribution is 9.10. The number of ether oxygens (including phenoxy) is 2. The average Bonchev–Trinajstić information content (AvgIpc) is 2.84. The molecule has 1 saturated heterocycles. The summed E-state index contributed by atoms with van der Waals surface area (Å²) in [6.07, 6.45) is 4.57. The number of halogens is 1. The summed E-state index contributed by atoms with van der Waals surface area (Å²) < 4.78 is 12.0. The average molecular weight is 397 g/mol. The minimum absolute atomic E-state index is 0.00829. The zero-order valence-corrected chi connectivity index (χ0v) is 16.1. The minimum Gasteiger partial charge on any atom is -0.444 e. The smallest absolute Gasteiger partial charge is 0.411 e. The number of aromatic nitrogens is 1. The van der Waals surface area contributed by atoms with Crippen LogP contribution in [-0.4, -0.2) is 34.8 Å². The van der Waals surface area contributed by atoms with Crippen molar-refractivity contribution in [1.82, 2.24) is 9.88 Å². The Morgan fingerprint density at radius 1 is 1.42 bits per heavy atom. The molecule has 0 unspecified atom stereocenters. The van der Waals surface area contributed by atoms with Gasteiger partial charge < -0.3 is 9.47 Å². The molecule has 0 N–H and O–H groups in total. The Labute approximate surface area is 151 Å². The van der Waals surface area contributed by atoms with Gasteiger partial charge in [-0.05, 0) is 73.5 Å². The molecule has 0 bridgehead atoms. The summed E-state index contributed by atoms with van der Waals surface area (Å²) in [6.45, 7) is 7.88. The van der Waals surface area contributed by atoms with Crippen molar-refractivity contribution in [3.8, 4) is 0 Å². The van der Waals surface area contributed by atoms with Crippen LogP contribution in [0.4, 0.5) is 4.79 Å². The number of hydrogen-bond acceptors (Lipinski definition) is 4. The van der Waals surface area contributed by atoms with Crippen molar-refractivity contribution in [2.45, 2.75) is 58.2 Å². The summed E-state index contributed by atoms with van der Waals surface area (Å²) in [7, 11) is 0. The molecule has 1 aromatic rings. The maximum Gasteiger partial charge on any atom is 0.411 e. The van der Waals surface area contributed by atoms with Crippen molar-refractivity contribution in [2.24, 2.45) is 5.92 Å². The molecule has 6 heteroatoms. The number of fused-ring (bicyclic) bond motifs is 1. The molecule has 3 heterocycles. The molecule has 0 spiro atoms. The second kappa shape index (κ2) is 7.00. The molecular formula is C18H25BrN2O3. The number of rotatable bonds is 2. The van der Waals surface area contributed by atoms with Crippen molar-refractivity contribution < 1.29 is 14.3 Å². The summed E-state index contributed by atoms with van der Waals surface area (Å²) in [4.78, 5) is 19.2. The van der Waals surface area contributed by atoms with Gasteiger partial charge >= 0.3 is 6.09 Å². The van der Waals surface area contributed by atoms with Gasteiger partial charge in [0.2, 0.25) is 0 Å². The summed E-state index contributed by atoms with van der Waals surface area (Å²) >= 11 is 3.48. The predicted octanol–water partition coefficient (Wildman–Crippen LogP) is 4.45. The van der Waals surface area contributed by atoms with E-state index in [1.54, 1.807) is 0 Å². The van der Waals surface area contributed by atoms with E-state index in [1.165, 1.54) is 0 Å². The predicted molar refractivity (Wildman–Crippen MR) is 94.6 cm³/mol. The van der Waals surface area contributed by atoms with E-state index in [4.69, 9.17) is 9.47 Å². The Morgan fingerprint density at radius 3 is 2.79 bits per heavy atom. The fraction of sp³-hybridized carbons (Fsp3) is 0.667. The molecule has 1 amide bonds. The Hall–Kier alpha value is -1.14. The third-order valence-corrected chi connectivity index (χ3v) is 4.96.